The van der Waals surface area contributed by atoms with Gasteiger partial charge in [0.2, 0.25) is 6.10 Å². The van der Waals surface area contributed by atoms with Crippen LogP contribution in [0.1, 0.15) is 25.3 Å². The molecule has 0 radical (unpaired) electrons. The van der Waals surface area contributed by atoms with Gasteiger partial charge in [-0.15, -0.1) is 0 Å². The molecule has 1 aromatic carbocycles. The Hall–Kier alpha value is -1.71. The molecule has 86 valence electrons. The molecule has 1 heterocycles. The number of aliphatic carboxylic acids is 1. The van der Waals surface area contributed by atoms with Crippen LogP contribution in [0, 0.1) is 0 Å². The molecule has 4 heteroatoms. The Bertz CT molecular complexity index is 411. The third-order valence-corrected chi connectivity index (χ3v) is 2.56. The highest BCUT2D eigenvalue weighted by molar-refractivity contribution is 5.73. The van der Waals surface area contributed by atoms with Crippen molar-refractivity contribution in [3.8, 4) is 11.5 Å². The fraction of sp³-hybridized carbons (Fsp3) is 0.417. The summed E-state index contributed by atoms with van der Waals surface area (Å²) < 4.78 is 10.8. The van der Waals surface area contributed by atoms with Crippen LogP contribution in [0.2, 0.25) is 0 Å². The molecule has 0 aromatic heterocycles. The lowest BCUT2D eigenvalue weighted by Crippen LogP contribution is -2.36. The van der Waals surface area contributed by atoms with Crippen molar-refractivity contribution in [1.29, 1.82) is 0 Å². The van der Waals surface area contributed by atoms with E-state index < -0.39 is 12.1 Å². The number of benzene rings is 1. The highest BCUT2D eigenvalue weighted by Crippen LogP contribution is 2.38. The maximum absolute atomic E-state index is 10.8. The Labute approximate surface area is 93.8 Å². The van der Waals surface area contributed by atoms with E-state index >= 15 is 0 Å². The first kappa shape index (κ1) is 10.8. The Balaban J connectivity index is 2.34. The second-order valence-electron chi connectivity index (χ2n) is 4.08. The van der Waals surface area contributed by atoms with Crippen LogP contribution < -0.4 is 9.47 Å². The van der Waals surface area contributed by atoms with Crippen molar-refractivity contribution < 1.29 is 19.4 Å². The summed E-state index contributed by atoms with van der Waals surface area (Å²) in [5, 5.41) is 8.84. The van der Waals surface area contributed by atoms with Crippen LogP contribution in [0.15, 0.2) is 18.2 Å². The molecule has 0 saturated heterocycles. The number of hydrogen-bond donors (Lipinski definition) is 1. The molecule has 0 saturated carbocycles. The molecule has 4 nitrogen and oxygen atoms in total. The second-order valence-corrected chi connectivity index (χ2v) is 4.08. The highest BCUT2D eigenvalue weighted by Gasteiger charge is 2.28. The summed E-state index contributed by atoms with van der Waals surface area (Å²) in [7, 11) is 0. The third-order valence-electron chi connectivity index (χ3n) is 2.56. The number of ether oxygens (including phenoxy) is 2. The molecule has 1 N–H and O–H groups in total. The lowest BCUT2D eigenvalue weighted by Gasteiger charge is -2.26. The van der Waals surface area contributed by atoms with Gasteiger partial charge in [-0.2, -0.15) is 0 Å². The minimum atomic E-state index is -0.999. The van der Waals surface area contributed by atoms with Gasteiger partial charge in [0.1, 0.15) is 6.61 Å². The van der Waals surface area contributed by atoms with Crippen LogP contribution in [0.5, 0.6) is 11.5 Å². The van der Waals surface area contributed by atoms with Crippen LogP contribution in [-0.4, -0.2) is 23.8 Å². The molecule has 1 atom stereocenters. The molecule has 1 aromatic rings. The van der Waals surface area contributed by atoms with Crippen molar-refractivity contribution in [2.24, 2.45) is 0 Å². The first-order chi connectivity index (χ1) is 7.59. The summed E-state index contributed by atoms with van der Waals surface area (Å²) in [5.41, 5.74) is 1.04. The smallest absolute Gasteiger partial charge is 0.348 e. The van der Waals surface area contributed by atoms with E-state index in [4.69, 9.17) is 14.6 Å². The maximum Gasteiger partial charge on any atom is 0.348 e. The molecular formula is C12H14O4. The minimum Gasteiger partial charge on any atom is -0.485 e. The molecule has 2 rings (SSSR count). The molecule has 16 heavy (non-hydrogen) atoms. The van der Waals surface area contributed by atoms with Crippen molar-refractivity contribution in [3.05, 3.63) is 23.8 Å². The van der Waals surface area contributed by atoms with Crippen LogP contribution in [-0.2, 0) is 4.79 Å². The van der Waals surface area contributed by atoms with Gasteiger partial charge in [-0.3, -0.25) is 0 Å². The van der Waals surface area contributed by atoms with Crippen molar-refractivity contribution >= 4 is 5.97 Å². The molecule has 0 bridgehead atoms. The van der Waals surface area contributed by atoms with Gasteiger partial charge in [-0.05, 0) is 12.0 Å². The van der Waals surface area contributed by atoms with E-state index in [1.54, 1.807) is 6.07 Å². The average Bonchev–Trinajstić information content (AvgIpc) is 2.27. The topological polar surface area (TPSA) is 55.8 Å². The number of carboxylic acid groups (broad SMARTS) is 1. The fourth-order valence-corrected chi connectivity index (χ4v) is 1.70. The van der Waals surface area contributed by atoms with Crippen LogP contribution in [0.4, 0.5) is 0 Å². The first-order valence-corrected chi connectivity index (χ1v) is 5.24. The van der Waals surface area contributed by atoms with Gasteiger partial charge in [-0.25, -0.2) is 4.79 Å². The van der Waals surface area contributed by atoms with E-state index in [-0.39, 0.29) is 6.61 Å². The van der Waals surface area contributed by atoms with E-state index in [9.17, 15) is 4.79 Å². The van der Waals surface area contributed by atoms with Crippen molar-refractivity contribution in [2.75, 3.05) is 6.61 Å². The minimum absolute atomic E-state index is 0.0616. The second kappa shape index (κ2) is 4.04. The summed E-state index contributed by atoms with van der Waals surface area (Å²) in [6, 6.07) is 5.55. The number of fused-ring (bicyclic) bond motifs is 1. The SMILES string of the molecule is CC(C)c1cccc2c1OCC(C(=O)O)O2. The normalized spacial score (nSPS) is 18.6. The Morgan fingerprint density at radius 1 is 1.50 bits per heavy atom. The van der Waals surface area contributed by atoms with E-state index in [0.717, 1.165) is 5.56 Å². The van der Waals surface area contributed by atoms with Gasteiger partial charge in [0.15, 0.2) is 11.5 Å². The zero-order valence-electron chi connectivity index (χ0n) is 9.27. The van der Waals surface area contributed by atoms with Gasteiger partial charge >= 0.3 is 5.97 Å². The van der Waals surface area contributed by atoms with Gasteiger partial charge < -0.3 is 14.6 Å². The molecule has 0 amide bonds. The lowest BCUT2D eigenvalue weighted by atomic mass is 10.0. The zero-order valence-corrected chi connectivity index (χ0v) is 9.27. The van der Waals surface area contributed by atoms with E-state index in [1.165, 1.54) is 0 Å². The Kier molecular flexibility index (Phi) is 2.73. The highest BCUT2D eigenvalue weighted by atomic mass is 16.6. The quantitative estimate of drug-likeness (QED) is 0.831. The zero-order chi connectivity index (χ0) is 11.7. The van der Waals surface area contributed by atoms with Crippen LogP contribution >= 0.6 is 0 Å². The van der Waals surface area contributed by atoms with Gasteiger partial charge in [-0.1, -0.05) is 26.0 Å². The summed E-state index contributed by atoms with van der Waals surface area (Å²) in [6.07, 6.45) is -0.907. The third kappa shape index (κ3) is 1.83. The summed E-state index contributed by atoms with van der Waals surface area (Å²) >= 11 is 0. The standard InChI is InChI=1S/C12H14O4/c1-7(2)8-4-3-5-9-11(8)15-6-10(16-9)12(13)14/h3-5,7,10H,6H2,1-2H3,(H,13,14). The van der Waals surface area contributed by atoms with Crippen LogP contribution in [0.3, 0.4) is 0 Å². The predicted octanol–water partition coefficient (Wildman–Crippen LogP) is 2.03. The summed E-state index contributed by atoms with van der Waals surface area (Å²) in [4.78, 5) is 10.8. The summed E-state index contributed by atoms with van der Waals surface area (Å²) in [6.45, 7) is 4.18. The van der Waals surface area contributed by atoms with E-state index in [0.29, 0.717) is 17.4 Å². The van der Waals surface area contributed by atoms with Crippen molar-refractivity contribution in [2.45, 2.75) is 25.9 Å². The Morgan fingerprint density at radius 3 is 2.88 bits per heavy atom. The first-order valence-electron chi connectivity index (χ1n) is 5.24. The molecule has 0 spiro atoms. The van der Waals surface area contributed by atoms with E-state index in [1.807, 2.05) is 12.1 Å². The number of carboxylic acids is 1. The number of rotatable bonds is 2. The molecule has 0 fully saturated rings. The fourth-order valence-electron chi connectivity index (χ4n) is 1.70. The monoisotopic (exact) mass is 222 g/mol. The molecular weight excluding hydrogens is 208 g/mol. The number of carbonyl (C=O) groups is 1. The van der Waals surface area contributed by atoms with Crippen molar-refractivity contribution in [3.63, 3.8) is 0 Å². The molecule has 1 aliphatic heterocycles. The predicted molar refractivity (Wildman–Crippen MR) is 58.1 cm³/mol. The van der Waals surface area contributed by atoms with Crippen molar-refractivity contribution in [1.82, 2.24) is 0 Å². The summed E-state index contributed by atoms with van der Waals surface area (Å²) in [5.74, 6) is 0.514. The van der Waals surface area contributed by atoms with Gasteiger partial charge in [0, 0.05) is 5.56 Å². The van der Waals surface area contributed by atoms with E-state index in [2.05, 4.69) is 13.8 Å². The molecule has 1 unspecified atom stereocenters. The largest absolute Gasteiger partial charge is 0.485 e. The van der Waals surface area contributed by atoms with Gasteiger partial charge in [0.05, 0.1) is 0 Å². The van der Waals surface area contributed by atoms with Gasteiger partial charge in [0.25, 0.3) is 0 Å². The maximum atomic E-state index is 10.8. The average molecular weight is 222 g/mol. The molecule has 1 aliphatic rings. The van der Waals surface area contributed by atoms with Crippen LogP contribution in [0.25, 0.3) is 0 Å². The number of hydrogen-bond acceptors (Lipinski definition) is 3. The Morgan fingerprint density at radius 2 is 2.25 bits per heavy atom. The number of para-hydroxylation sites is 1. The lowest BCUT2D eigenvalue weighted by molar-refractivity contribution is -0.147. The molecule has 0 aliphatic carbocycles.